The normalized spacial score (nSPS) is 22.2. The van der Waals surface area contributed by atoms with E-state index in [0.717, 1.165) is 6.54 Å². The van der Waals surface area contributed by atoms with Crippen LogP contribution in [-0.4, -0.2) is 16.8 Å². The van der Waals surface area contributed by atoms with Gasteiger partial charge in [-0.2, -0.15) is 0 Å². The van der Waals surface area contributed by atoms with Crippen LogP contribution in [0.4, 0.5) is 0 Å². The van der Waals surface area contributed by atoms with Gasteiger partial charge in [0.15, 0.2) is 0 Å². The molecule has 2 heteroatoms. The Morgan fingerprint density at radius 1 is 1.13 bits per heavy atom. The topological polar surface area (TPSA) is 3.24 Å². The van der Waals surface area contributed by atoms with Crippen LogP contribution in [0, 0.1) is 0 Å². The lowest BCUT2D eigenvalue weighted by Gasteiger charge is -2.36. The number of benzene rings is 1. The average Bonchev–Trinajstić information content (AvgIpc) is 2.67. The molecule has 1 aliphatic heterocycles. The van der Waals surface area contributed by atoms with Crippen molar-refractivity contribution in [2.45, 2.75) is 26.3 Å². The number of hydrogen-bond acceptors (Lipinski definition) is 1. The Balaban J connectivity index is 2.26. The Labute approximate surface area is 93.6 Å². The zero-order valence-electron chi connectivity index (χ0n) is 9.64. The molecule has 1 atom stereocenters. The van der Waals surface area contributed by atoms with Crippen LogP contribution in [0.25, 0.3) is 0 Å². The molecular weight excluding hydrogens is 201 g/mol. The molecule has 0 saturated carbocycles. The Bertz CT molecular complexity index is 351. The van der Waals surface area contributed by atoms with Crippen molar-refractivity contribution < 1.29 is 0 Å². The summed E-state index contributed by atoms with van der Waals surface area (Å²) in [5.74, 6) is 2.37. The van der Waals surface area contributed by atoms with Crippen LogP contribution in [0.1, 0.15) is 20.8 Å². The fourth-order valence-corrected chi connectivity index (χ4v) is 4.12. The summed E-state index contributed by atoms with van der Waals surface area (Å²) in [6.45, 7) is 7.96. The molecule has 0 bridgehead atoms. The Morgan fingerprint density at radius 3 is 2.40 bits per heavy atom. The smallest absolute Gasteiger partial charge is 0.0217 e. The highest BCUT2D eigenvalue weighted by atomic mass is 31.1. The van der Waals surface area contributed by atoms with Crippen molar-refractivity contribution in [2.75, 3.05) is 6.54 Å². The quantitative estimate of drug-likeness (QED) is 0.655. The van der Waals surface area contributed by atoms with Gasteiger partial charge in [-0.25, -0.2) is 0 Å². The Hall–Kier alpha value is -0.650. The van der Waals surface area contributed by atoms with Gasteiger partial charge in [-0.15, -0.1) is 0 Å². The van der Waals surface area contributed by atoms with Gasteiger partial charge in [-0.3, -0.25) is 4.67 Å². The molecule has 1 heterocycles. The lowest BCUT2D eigenvalue weighted by Crippen LogP contribution is -2.37. The largest absolute Gasteiger partial charge is 0.266 e. The molecule has 1 nitrogen and oxygen atoms in total. The SMILES string of the molecule is CC(C)(C)N1CC=CP1c1ccccc1. The van der Waals surface area contributed by atoms with Crippen molar-refractivity contribution in [2.24, 2.45) is 0 Å². The summed E-state index contributed by atoms with van der Waals surface area (Å²) in [4.78, 5) is 0. The molecule has 0 spiro atoms. The fraction of sp³-hybridized carbons (Fsp3) is 0.385. The Kier molecular flexibility index (Phi) is 2.95. The third-order valence-corrected chi connectivity index (χ3v) is 5.18. The van der Waals surface area contributed by atoms with Crippen LogP contribution in [0.5, 0.6) is 0 Å². The van der Waals surface area contributed by atoms with Crippen molar-refractivity contribution in [1.29, 1.82) is 0 Å². The van der Waals surface area contributed by atoms with E-state index < -0.39 is 0 Å². The maximum atomic E-state index is 2.58. The van der Waals surface area contributed by atoms with Gasteiger partial charge in [0.25, 0.3) is 0 Å². The minimum Gasteiger partial charge on any atom is -0.266 e. The Morgan fingerprint density at radius 2 is 1.80 bits per heavy atom. The standard InChI is InChI=1S/C13H18NP/c1-13(2,3)14-10-7-11-15(14)12-8-5-4-6-9-12/h4-9,11H,10H2,1-3H3. The predicted molar refractivity (Wildman–Crippen MR) is 68.6 cm³/mol. The van der Waals surface area contributed by atoms with Gasteiger partial charge < -0.3 is 0 Å². The summed E-state index contributed by atoms with van der Waals surface area (Å²) < 4.78 is 2.58. The van der Waals surface area contributed by atoms with E-state index in [0.29, 0.717) is 0 Å². The molecule has 0 radical (unpaired) electrons. The van der Waals surface area contributed by atoms with Gasteiger partial charge in [0.2, 0.25) is 0 Å². The van der Waals surface area contributed by atoms with Gasteiger partial charge in [0.1, 0.15) is 0 Å². The van der Waals surface area contributed by atoms with E-state index >= 15 is 0 Å². The molecule has 80 valence electrons. The first-order valence-electron chi connectivity index (χ1n) is 5.37. The predicted octanol–water partition coefficient (Wildman–Crippen LogP) is 3.34. The second-order valence-corrected chi connectivity index (χ2v) is 6.80. The van der Waals surface area contributed by atoms with E-state index in [1.54, 1.807) is 0 Å². The molecule has 0 aromatic heterocycles. The second kappa shape index (κ2) is 4.08. The molecule has 0 aliphatic carbocycles. The number of nitrogens with zero attached hydrogens (tertiary/aromatic N) is 1. The zero-order chi connectivity index (χ0) is 10.9. The fourth-order valence-electron chi connectivity index (χ4n) is 1.82. The van der Waals surface area contributed by atoms with E-state index in [2.05, 4.69) is 67.7 Å². The van der Waals surface area contributed by atoms with Gasteiger partial charge >= 0.3 is 0 Å². The van der Waals surface area contributed by atoms with Crippen LogP contribution in [0.15, 0.2) is 42.2 Å². The second-order valence-electron chi connectivity index (χ2n) is 4.82. The molecule has 15 heavy (non-hydrogen) atoms. The van der Waals surface area contributed by atoms with E-state index in [1.165, 1.54) is 5.30 Å². The molecule has 1 aromatic rings. The lowest BCUT2D eigenvalue weighted by atomic mass is 10.1. The molecular formula is C13H18NP. The van der Waals surface area contributed by atoms with Gasteiger partial charge in [0, 0.05) is 20.2 Å². The minimum atomic E-state index is -0.239. The molecule has 1 aliphatic rings. The first-order chi connectivity index (χ1) is 7.09. The van der Waals surface area contributed by atoms with Gasteiger partial charge in [0.05, 0.1) is 0 Å². The summed E-state index contributed by atoms with van der Waals surface area (Å²) in [5, 5.41) is 1.45. The van der Waals surface area contributed by atoms with E-state index in [1.807, 2.05) is 0 Å². The van der Waals surface area contributed by atoms with Gasteiger partial charge in [-0.1, -0.05) is 36.4 Å². The summed E-state index contributed by atoms with van der Waals surface area (Å²) in [7, 11) is -0.239. The first kappa shape index (κ1) is 10.9. The van der Waals surface area contributed by atoms with Crippen LogP contribution < -0.4 is 5.30 Å². The molecule has 1 aromatic carbocycles. The van der Waals surface area contributed by atoms with Crippen LogP contribution in [0.3, 0.4) is 0 Å². The maximum Gasteiger partial charge on any atom is 0.0217 e. The average molecular weight is 219 g/mol. The van der Waals surface area contributed by atoms with E-state index in [9.17, 15) is 0 Å². The molecule has 2 rings (SSSR count). The molecule has 0 amide bonds. The summed E-state index contributed by atoms with van der Waals surface area (Å²) in [6.07, 6.45) is 2.30. The van der Waals surface area contributed by atoms with Gasteiger partial charge in [-0.05, 0) is 31.9 Å². The maximum absolute atomic E-state index is 2.58. The minimum absolute atomic E-state index is 0.239. The molecule has 0 N–H and O–H groups in total. The molecule has 1 unspecified atom stereocenters. The molecule has 0 fully saturated rings. The third kappa shape index (κ3) is 2.30. The van der Waals surface area contributed by atoms with Crippen LogP contribution in [0.2, 0.25) is 0 Å². The summed E-state index contributed by atoms with van der Waals surface area (Å²) in [5.41, 5.74) is 0.255. The van der Waals surface area contributed by atoms with Crippen molar-refractivity contribution in [3.63, 3.8) is 0 Å². The van der Waals surface area contributed by atoms with Crippen molar-refractivity contribution >= 4 is 13.4 Å². The highest BCUT2D eigenvalue weighted by molar-refractivity contribution is 7.66. The molecule has 0 saturated heterocycles. The van der Waals surface area contributed by atoms with Crippen molar-refractivity contribution in [3.05, 3.63) is 42.2 Å². The summed E-state index contributed by atoms with van der Waals surface area (Å²) >= 11 is 0. The van der Waals surface area contributed by atoms with Crippen molar-refractivity contribution in [3.8, 4) is 0 Å². The lowest BCUT2D eigenvalue weighted by molar-refractivity contribution is 0.293. The van der Waals surface area contributed by atoms with Crippen LogP contribution >= 0.6 is 8.07 Å². The third-order valence-electron chi connectivity index (χ3n) is 2.58. The van der Waals surface area contributed by atoms with E-state index in [-0.39, 0.29) is 13.6 Å². The number of rotatable bonds is 1. The van der Waals surface area contributed by atoms with Crippen molar-refractivity contribution in [1.82, 2.24) is 4.67 Å². The number of hydrogen-bond donors (Lipinski definition) is 0. The van der Waals surface area contributed by atoms with E-state index in [4.69, 9.17) is 0 Å². The highest BCUT2D eigenvalue weighted by Gasteiger charge is 2.30. The zero-order valence-corrected chi connectivity index (χ0v) is 10.5. The monoisotopic (exact) mass is 219 g/mol. The first-order valence-corrected chi connectivity index (χ1v) is 6.74. The highest BCUT2D eigenvalue weighted by Crippen LogP contribution is 2.48. The van der Waals surface area contributed by atoms with Crippen LogP contribution in [-0.2, 0) is 0 Å². The summed E-state index contributed by atoms with van der Waals surface area (Å²) in [6, 6.07) is 10.8.